The molecule has 18 heavy (non-hydrogen) atoms. The summed E-state index contributed by atoms with van der Waals surface area (Å²) in [6.45, 7) is 2.23. The molecule has 0 heterocycles. The number of carbonyl (C=O) groups is 1. The molecule has 1 aromatic carbocycles. The van der Waals surface area contributed by atoms with Crippen LogP contribution in [0.15, 0.2) is 24.3 Å². The van der Waals surface area contributed by atoms with Crippen LogP contribution in [-0.2, 0) is 4.79 Å². The number of amides is 1. The Morgan fingerprint density at radius 2 is 2.11 bits per heavy atom. The highest BCUT2D eigenvalue weighted by molar-refractivity contribution is 5.73. The van der Waals surface area contributed by atoms with Gasteiger partial charge in [0.05, 0.1) is 7.11 Å². The summed E-state index contributed by atoms with van der Waals surface area (Å²) in [4.78, 5) is 10.6. The van der Waals surface area contributed by atoms with Gasteiger partial charge in [0.25, 0.3) is 0 Å². The van der Waals surface area contributed by atoms with E-state index in [0.717, 1.165) is 31.4 Å². The molecule has 0 aromatic heterocycles. The van der Waals surface area contributed by atoms with E-state index in [9.17, 15) is 4.79 Å². The van der Waals surface area contributed by atoms with Crippen molar-refractivity contribution in [3.05, 3.63) is 29.8 Å². The minimum absolute atomic E-state index is 0.198. The normalized spacial score (nSPS) is 12.1. The summed E-state index contributed by atoms with van der Waals surface area (Å²) >= 11 is 0. The molecule has 1 atom stereocenters. The van der Waals surface area contributed by atoms with Crippen LogP contribution in [0.2, 0.25) is 0 Å². The number of nitrogens with two attached hydrogens (primary N) is 1. The highest BCUT2D eigenvalue weighted by Gasteiger charge is 2.06. The molecule has 0 aliphatic carbocycles. The van der Waals surface area contributed by atoms with Gasteiger partial charge in [0, 0.05) is 6.42 Å². The lowest BCUT2D eigenvalue weighted by Gasteiger charge is -2.12. The summed E-state index contributed by atoms with van der Waals surface area (Å²) in [5.74, 6) is 1.23. The van der Waals surface area contributed by atoms with Crippen LogP contribution in [0.4, 0.5) is 0 Å². The Morgan fingerprint density at radius 1 is 1.33 bits per heavy atom. The average Bonchev–Trinajstić information content (AvgIpc) is 2.37. The summed E-state index contributed by atoms with van der Waals surface area (Å²) in [6, 6.07) is 8.21. The third-order valence-electron chi connectivity index (χ3n) is 3.22. The monoisotopic (exact) mass is 249 g/mol. The van der Waals surface area contributed by atoms with E-state index in [4.69, 9.17) is 10.5 Å². The summed E-state index contributed by atoms with van der Waals surface area (Å²) < 4.78 is 5.22. The zero-order valence-electron chi connectivity index (χ0n) is 11.3. The molecule has 0 saturated carbocycles. The second-order valence-corrected chi connectivity index (χ2v) is 4.74. The van der Waals surface area contributed by atoms with Gasteiger partial charge in [0.2, 0.25) is 5.91 Å². The van der Waals surface area contributed by atoms with Crippen molar-refractivity contribution in [2.45, 2.75) is 44.9 Å². The first-order valence-corrected chi connectivity index (χ1v) is 6.55. The summed E-state index contributed by atoms with van der Waals surface area (Å²) in [5, 5.41) is 0. The highest BCUT2D eigenvalue weighted by Crippen LogP contribution is 2.25. The SMILES string of the molecule is COc1cccc(C(C)CCCCCC(N)=O)c1. The van der Waals surface area contributed by atoms with Crippen molar-refractivity contribution < 1.29 is 9.53 Å². The number of hydrogen-bond acceptors (Lipinski definition) is 2. The molecule has 0 fully saturated rings. The third kappa shape index (κ3) is 5.21. The second-order valence-electron chi connectivity index (χ2n) is 4.74. The molecule has 0 bridgehead atoms. The van der Waals surface area contributed by atoms with Crippen LogP contribution in [0.25, 0.3) is 0 Å². The number of unbranched alkanes of at least 4 members (excludes halogenated alkanes) is 2. The van der Waals surface area contributed by atoms with E-state index < -0.39 is 0 Å². The molecule has 100 valence electrons. The predicted octanol–water partition coefficient (Wildman–Crippen LogP) is 3.23. The number of methoxy groups -OCH3 is 1. The first-order chi connectivity index (χ1) is 8.63. The standard InChI is InChI=1S/C15H23NO2/c1-12(7-4-3-5-10-15(16)17)13-8-6-9-14(11-13)18-2/h6,8-9,11-12H,3-5,7,10H2,1-2H3,(H2,16,17). The second kappa shape index (κ2) is 7.75. The number of benzene rings is 1. The molecule has 0 radical (unpaired) electrons. The van der Waals surface area contributed by atoms with Crippen molar-refractivity contribution in [2.75, 3.05) is 7.11 Å². The quantitative estimate of drug-likeness (QED) is 0.719. The minimum atomic E-state index is -0.198. The number of hydrogen-bond donors (Lipinski definition) is 1. The zero-order valence-corrected chi connectivity index (χ0v) is 11.3. The number of rotatable bonds is 8. The molecular weight excluding hydrogens is 226 g/mol. The zero-order chi connectivity index (χ0) is 13.4. The van der Waals surface area contributed by atoms with Crippen molar-refractivity contribution >= 4 is 5.91 Å². The van der Waals surface area contributed by atoms with Gasteiger partial charge in [-0.15, -0.1) is 0 Å². The molecule has 2 N–H and O–H groups in total. The largest absolute Gasteiger partial charge is 0.497 e. The van der Waals surface area contributed by atoms with Gasteiger partial charge in [-0.25, -0.2) is 0 Å². The molecule has 0 aliphatic heterocycles. The van der Waals surface area contributed by atoms with E-state index in [-0.39, 0.29) is 5.91 Å². The van der Waals surface area contributed by atoms with Crippen molar-refractivity contribution in [3.8, 4) is 5.75 Å². The third-order valence-corrected chi connectivity index (χ3v) is 3.22. The first-order valence-electron chi connectivity index (χ1n) is 6.55. The first kappa shape index (κ1) is 14.6. The van der Waals surface area contributed by atoms with Crippen LogP contribution in [0.3, 0.4) is 0 Å². The van der Waals surface area contributed by atoms with E-state index in [2.05, 4.69) is 19.1 Å². The van der Waals surface area contributed by atoms with Crippen LogP contribution in [0.5, 0.6) is 5.75 Å². The lowest BCUT2D eigenvalue weighted by Crippen LogP contribution is -2.09. The van der Waals surface area contributed by atoms with Crippen molar-refractivity contribution in [1.82, 2.24) is 0 Å². The van der Waals surface area contributed by atoms with Crippen LogP contribution in [0, 0.1) is 0 Å². The van der Waals surface area contributed by atoms with Gasteiger partial charge in [-0.3, -0.25) is 4.79 Å². The fourth-order valence-corrected chi connectivity index (χ4v) is 2.04. The van der Waals surface area contributed by atoms with E-state index in [0.29, 0.717) is 12.3 Å². The predicted molar refractivity (Wildman–Crippen MR) is 73.7 cm³/mol. The summed E-state index contributed by atoms with van der Waals surface area (Å²) in [6.07, 6.45) is 4.74. The Kier molecular flexibility index (Phi) is 6.26. The molecule has 3 nitrogen and oxygen atoms in total. The van der Waals surface area contributed by atoms with Crippen LogP contribution < -0.4 is 10.5 Å². The molecule has 0 aliphatic rings. The number of carbonyl (C=O) groups excluding carboxylic acids is 1. The van der Waals surface area contributed by atoms with Crippen LogP contribution in [0.1, 0.15) is 50.5 Å². The Morgan fingerprint density at radius 3 is 2.78 bits per heavy atom. The fraction of sp³-hybridized carbons (Fsp3) is 0.533. The van der Waals surface area contributed by atoms with E-state index in [1.165, 1.54) is 5.56 Å². The maximum Gasteiger partial charge on any atom is 0.217 e. The van der Waals surface area contributed by atoms with Gasteiger partial charge in [0.1, 0.15) is 5.75 Å². The Balaban J connectivity index is 2.31. The smallest absolute Gasteiger partial charge is 0.217 e. The van der Waals surface area contributed by atoms with Gasteiger partial charge < -0.3 is 10.5 Å². The van der Waals surface area contributed by atoms with Gasteiger partial charge in [-0.2, -0.15) is 0 Å². The van der Waals surface area contributed by atoms with Gasteiger partial charge in [-0.1, -0.05) is 31.9 Å². The fourth-order valence-electron chi connectivity index (χ4n) is 2.04. The number of ether oxygens (including phenoxy) is 1. The molecule has 1 amide bonds. The lowest BCUT2D eigenvalue weighted by atomic mass is 9.94. The van der Waals surface area contributed by atoms with Crippen molar-refractivity contribution in [2.24, 2.45) is 5.73 Å². The molecule has 1 aromatic rings. The van der Waals surface area contributed by atoms with Crippen LogP contribution in [-0.4, -0.2) is 13.0 Å². The Hall–Kier alpha value is -1.51. The van der Waals surface area contributed by atoms with E-state index >= 15 is 0 Å². The average molecular weight is 249 g/mol. The van der Waals surface area contributed by atoms with Gasteiger partial charge in [-0.05, 0) is 36.5 Å². The van der Waals surface area contributed by atoms with Crippen molar-refractivity contribution in [3.63, 3.8) is 0 Å². The van der Waals surface area contributed by atoms with Crippen LogP contribution >= 0.6 is 0 Å². The maximum absolute atomic E-state index is 10.6. The molecule has 1 rings (SSSR count). The molecule has 3 heteroatoms. The molecular formula is C15H23NO2. The van der Waals surface area contributed by atoms with Crippen molar-refractivity contribution in [1.29, 1.82) is 0 Å². The highest BCUT2D eigenvalue weighted by atomic mass is 16.5. The van der Waals surface area contributed by atoms with E-state index in [1.807, 2.05) is 12.1 Å². The molecule has 1 unspecified atom stereocenters. The maximum atomic E-state index is 10.6. The summed E-state index contributed by atoms with van der Waals surface area (Å²) in [5.41, 5.74) is 6.41. The Bertz CT molecular complexity index is 377. The van der Waals surface area contributed by atoms with Gasteiger partial charge in [0.15, 0.2) is 0 Å². The lowest BCUT2D eigenvalue weighted by molar-refractivity contribution is -0.118. The Labute approximate surface area is 109 Å². The van der Waals surface area contributed by atoms with Gasteiger partial charge >= 0.3 is 0 Å². The summed E-state index contributed by atoms with van der Waals surface area (Å²) in [7, 11) is 1.69. The minimum Gasteiger partial charge on any atom is -0.497 e. The van der Waals surface area contributed by atoms with E-state index in [1.54, 1.807) is 7.11 Å². The molecule has 0 saturated heterocycles. The number of primary amides is 1. The topological polar surface area (TPSA) is 52.3 Å². The molecule has 0 spiro atoms.